The van der Waals surface area contributed by atoms with E-state index >= 15 is 0 Å². The molecular formula is C12H16Br3NO2S. The fourth-order valence-corrected chi connectivity index (χ4v) is 4.66. The summed E-state index contributed by atoms with van der Waals surface area (Å²) in [6, 6.07) is 3.42. The van der Waals surface area contributed by atoms with E-state index < -0.39 is 10.0 Å². The number of hydrogen-bond acceptors (Lipinski definition) is 2. The third kappa shape index (κ3) is 5.46. The van der Waals surface area contributed by atoms with E-state index in [0.717, 1.165) is 34.6 Å². The minimum atomic E-state index is -3.46. The van der Waals surface area contributed by atoms with Crippen LogP contribution in [0.15, 0.2) is 26.0 Å². The third-order valence-electron chi connectivity index (χ3n) is 2.61. The van der Waals surface area contributed by atoms with E-state index in [0.29, 0.717) is 11.0 Å². The van der Waals surface area contributed by atoms with Crippen LogP contribution in [0.25, 0.3) is 0 Å². The highest BCUT2D eigenvalue weighted by Crippen LogP contribution is 2.28. The Morgan fingerprint density at radius 2 is 1.79 bits per heavy atom. The number of nitrogens with one attached hydrogen (secondary N) is 1. The van der Waals surface area contributed by atoms with Crippen molar-refractivity contribution in [3.8, 4) is 0 Å². The smallest absolute Gasteiger partial charge is 0.211 e. The van der Waals surface area contributed by atoms with E-state index in [1.807, 2.05) is 6.92 Å². The summed E-state index contributed by atoms with van der Waals surface area (Å²) >= 11 is 10.0. The minimum Gasteiger partial charge on any atom is -0.211 e. The molecule has 7 heteroatoms. The molecule has 0 aromatic heterocycles. The summed E-state index contributed by atoms with van der Waals surface area (Å²) in [7, 11) is -3.46. The van der Waals surface area contributed by atoms with Crippen molar-refractivity contribution in [2.75, 3.05) is 11.9 Å². The van der Waals surface area contributed by atoms with Gasteiger partial charge < -0.3 is 0 Å². The van der Waals surface area contributed by atoms with Gasteiger partial charge in [-0.15, -0.1) is 0 Å². The zero-order valence-electron chi connectivity index (χ0n) is 10.5. The molecule has 1 rings (SSSR count). The van der Waals surface area contributed by atoms with Crippen LogP contribution in [-0.4, -0.2) is 20.3 Å². The molecule has 0 radical (unpaired) electrons. The highest BCUT2D eigenvalue weighted by molar-refractivity contribution is 9.11. The molecular weight excluding hydrogens is 462 g/mol. The lowest BCUT2D eigenvalue weighted by Gasteiger charge is -2.10. The summed E-state index contributed by atoms with van der Waals surface area (Å²) in [5.41, 5.74) is 0.989. The van der Waals surface area contributed by atoms with E-state index in [-0.39, 0.29) is 4.90 Å². The number of rotatable bonds is 7. The molecule has 3 nitrogen and oxygen atoms in total. The van der Waals surface area contributed by atoms with E-state index in [9.17, 15) is 8.42 Å². The molecule has 0 aliphatic rings. The molecule has 108 valence electrons. The van der Waals surface area contributed by atoms with Crippen molar-refractivity contribution in [3.05, 3.63) is 26.6 Å². The van der Waals surface area contributed by atoms with Gasteiger partial charge in [0.25, 0.3) is 0 Å². The van der Waals surface area contributed by atoms with Crippen LogP contribution in [0.3, 0.4) is 0 Å². The minimum absolute atomic E-state index is 0.269. The maximum atomic E-state index is 12.2. The Balaban J connectivity index is 2.75. The molecule has 0 unspecified atom stereocenters. The first kappa shape index (κ1) is 17.6. The third-order valence-corrected chi connectivity index (χ3v) is 6.44. The Labute approximate surface area is 140 Å². The number of sulfonamides is 1. The normalized spacial score (nSPS) is 11.8. The van der Waals surface area contributed by atoms with Gasteiger partial charge in [0.15, 0.2) is 0 Å². The van der Waals surface area contributed by atoms with Gasteiger partial charge in [0.05, 0.1) is 4.90 Å². The van der Waals surface area contributed by atoms with Gasteiger partial charge in [0, 0.05) is 20.8 Å². The number of alkyl halides is 1. The molecule has 1 aromatic carbocycles. The monoisotopic (exact) mass is 475 g/mol. The van der Waals surface area contributed by atoms with Crippen LogP contribution < -0.4 is 4.72 Å². The number of hydrogen-bond donors (Lipinski definition) is 1. The zero-order chi connectivity index (χ0) is 14.5. The molecule has 0 heterocycles. The van der Waals surface area contributed by atoms with Crippen molar-refractivity contribution >= 4 is 57.8 Å². The van der Waals surface area contributed by atoms with Crippen LogP contribution in [0.2, 0.25) is 0 Å². The van der Waals surface area contributed by atoms with Crippen LogP contribution in [0.5, 0.6) is 0 Å². The molecule has 0 atom stereocenters. The average molecular weight is 478 g/mol. The van der Waals surface area contributed by atoms with Crippen molar-refractivity contribution < 1.29 is 8.42 Å². The van der Waals surface area contributed by atoms with Gasteiger partial charge in [-0.1, -0.05) is 38.3 Å². The maximum absolute atomic E-state index is 12.2. The second-order valence-corrected chi connectivity index (χ2v) is 8.42. The second kappa shape index (κ2) is 8.12. The molecule has 0 aliphatic carbocycles. The van der Waals surface area contributed by atoms with E-state index in [1.165, 1.54) is 0 Å². The van der Waals surface area contributed by atoms with Gasteiger partial charge in [-0.05, 0) is 53.4 Å². The van der Waals surface area contributed by atoms with Crippen molar-refractivity contribution in [1.82, 2.24) is 4.72 Å². The van der Waals surface area contributed by atoms with Gasteiger partial charge in [0.1, 0.15) is 0 Å². The Morgan fingerprint density at radius 1 is 1.11 bits per heavy atom. The molecule has 0 fully saturated rings. The molecule has 0 saturated carbocycles. The largest absolute Gasteiger partial charge is 0.241 e. The fraction of sp³-hybridized carbons (Fsp3) is 0.500. The van der Waals surface area contributed by atoms with Crippen molar-refractivity contribution in [3.63, 3.8) is 0 Å². The SMILES string of the molecule is Cc1cc(Br)c(S(=O)(=O)NCCCCCBr)cc1Br. The maximum Gasteiger partial charge on any atom is 0.241 e. The van der Waals surface area contributed by atoms with Crippen LogP contribution in [0.1, 0.15) is 24.8 Å². The Bertz CT molecular complexity index is 532. The molecule has 0 aliphatic heterocycles. The fourth-order valence-electron chi connectivity index (χ4n) is 1.51. The summed E-state index contributed by atoms with van der Waals surface area (Å²) in [5, 5.41) is 0.955. The van der Waals surface area contributed by atoms with Gasteiger partial charge in [0.2, 0.25) is 10.0 Å². The average Bonchev–Trinajstić information content (AvgIpc) is 2.33. The van der Waals surface area contributed by atoms with Crippen molar-refractivity contribution in [2.24, 2.45) is 0 Å². The van der Waals surface area contributed by atoms with E-state index in [4.69, 9.17) is 0 Å². The molecule has 1 aromatic rings. The Morgan fingerprint density at radius 3 is 2.42 bits per heavy atom. The molecule has 1 N–H and O–H groups in total. The highest BCUT2D eigenvalue weighted by Gasteiger charge is 2.18. The quantitative estimate of drug-likeness (QED) is 0.468. The zero-order valence-corrected chi connectivity index (χ0v) is 16.1. The first-order valence-corrected chi connectivity index (χ1v) is 10.1. The van der Waals surface area contributed by atoms with Crippen LogP contribution in [0.4, 0.5) is 0 Å². The van der Waals surface area contributed by atoms with E-state index in [2.05, 4.69) is 52.5 Å². The first-order chi connectivity index (χ1) is 8.88. The van der Waals surface area contributed by atoms with Gasteiger partial charge in [-0.2, -0.15) is 0 Å². The predicted octanol–water partition coefficient (Wildman–Crippen LogP) is 4.36. The summed E-state index contributed by atoms with van der Waals surface area (Å²) in [6.07, 6.45) is 2.91. The predicted molar refractivity (Wildman–Crippen MR) is 89.4 cm³/mol. The number of unbranched alkanes of at least 4 members (excludes halogenated alkanes) is 2. The van der Waals surface area contributed by atoms with Gasteiger partial charge >= 0.3 is 0 Å². The lowest BCUT2D eigenvalue weighted by Crippen LogP contribution is -2.25. The van der Waals surface area contributed by atoms with Gasteiger partial charge in [-0.3, -0.25) is 0 Å². The molecule has 0 bridgehead atoms. The van der Waals surface area contributed by atoms with E-state index in [1.54, 1.807) is 12.1 Å². The highest BCUT2D eigenvalue weighted by atomic mass is 79.9. The second-order valence-electron chi connectivity index (χ2n) is 4.18. The Kier molecular flexibility index (Phi) is 7.53. The van der Waals surface area contributed by atoms with Crippen LogP contribution >= 0.6 is 47.8 Å². The van der Waals surface area contributed by atoms with Crippen LogP contribution in [-0.2, 0) is 10.0 Å². The molecule has 0 spiro atoms. The molecule has 0 saturated heterocycles. The first-order valence-electron chi connectivity index (χ1n) is 5.90. The number of aryl methyl sites for hydroxylation is 1. The molecule has 19 heavy (non-hydrogen) atoms. The lowest BCUT2D eigenvalue weighted by molar-refractivity contribution is 0.575. The topological polar surface area (TPSA) is 46.2 Å². The summed E-state index contributed by atoms with van der Waals surface area (Å²) < 4.78 is 28.4. The summed E-state index contributed by atoms with van der Waals surface area (Å²) in [5.74, 6) is 0. The Hall–Kier alpha value is 0.570. The van der Waals surface area contributed by atoms with Crippen LogP contribution in [0, 0.1) is 6.92 Å². The summed E-state index contributed by atoms with van der Waals surface area (Å²) in [4.78, 5) is 0.269. The van der Waals surface area contributed by atoms with Gasteiger partial charge in [-0.25, -0.2) is 13.1 Å². The number of benzene rings is 1. The standard InChI is InChI=1S/C12H16Br3NO2S/c1-9-7-11(15)12(8-10(9)14)19(17,18)16-6-4-2-3-5-13/h7-8,16H,2-6H2,1H3. The van der Waals surface area contributed by atoms with Crippen molar-refractivity contribution in [2.45, 2.75) is 31.1 Å². The van der Waals surface area contributed by atoms with Crippen molar-refractivity contribution in [1.29, 1.82) is 0 Å². The molecule has 0 amide bonds. The number of halogens is 3. The summed E-state index contributed by atoms with van der Waals surface area (Å²) in [6.45, 7) is 2.38. The lowest BCUT2D eigenvalue weighted by atomic mass is 10.2.